The molecule has 0 amide bonds. The first kappa shape index (κ1) is 11.7. The standard InChI is InChI=1S/C14H10BrNO/c1-10-3-2-4-11(7-10)12(9-16)8-13-5-6-14(15)17-13/h2-8H,1H3/b12-8+. The highest BCUT2D eigenvalue weighted by Gasteiger charge is 2.03. The van der Waals surface area contributed by atoms with Crippen molar-refractivity contribution in [3.8, 4) is 6.07 Å². The lowest BCUT2D eigenvalue weighted by Crippen LogP contribution is -1.82. The van der Waals surface area contributed by atoms with E-state index >= 15 is 0 Å². The minimum Gasteiger partial charge on any atom is -0.450 e. The number of aryl methyl sites for hydroxylation is 1. The molecule has 1 aromatic carbocycles. The monoisotopic (exact) mass is 287 g/mol. The Hall–Kier alpha value is -1.79. The first-order valence-corrected chi connectivity index (χ1v) is 5.92. The van der Waals surface area contributed by atoms with E-state index in [0.29, 0.717) is 16.0 Å². The molecular weight excluding hydrogens is 278 g/mol. The van der Waals surface area contributed by atoms with Crippen LogP contribution in [0.5, 0.6) is 0 Å². The van der Waals surface area contributed by atoms with Crippen LogP contribution in [0.4, 0.5) is 0 Å². The van der Waals surface area contributed by atoms with Gasteiger partial charge in [0.2, 0.25) is 0 Å². The van der Waals surface area contributed by atoms with Gasteiger partial charge in [-0.15, -0.1) is 0 Å². The summed E-state index contributed by atoms with van der Waals surface area (Å²) < 4.78 is 6.01. The number of halogens is 1. The Kier molecular flexibility index (Phi) is 3.46. The molecule has 2 nitrogen and oxygen atoms in total. The van der Waals surface area contributed by atoms with Crippen molar-refractivity contribution in [1.82, 2.24) is 0 Å². The molecule has 1 heterocycles. The van der Waals surface area contributed by atoms with Crippen molar-refractivity contribution in [1.29, 1.82) is 5.26 Å². The van der Waals surface area contributed by atoms with Gasteiger partial charge in [-0.3, -0.25) is 0 Å². The van der Waals surface area contributed by atoms with Crippen LogP contribution in [0.1, 0.15) is 16.9 Å². The zero-order valence-electron chi connectivity index (χ0n) is 9.27. The lowest BCUT2D eigenvalue weighted by Gasteiger charge is -1.99. The molecular formula is C14H10BrNO. The van der Waals surface area contributed by atoms with Crippen LogP contribution >= 0.6 is 15.9 Å². The van der Waals surface area contributed by atoms with E-state index in [4.69, 9.17) is 9.68 Å². The molecule has 0 aliphatic carbocycles. The lowest BCUT2D eigenvalue weighted by molar-refractivity contribution is 0.532. The molecule has 0 fully saturated rings. The van der Waals surface area contributed by atoms with Crippen molar-refractivity contribution < 1.29 is 4.42 Å². The molecule has 17 heavy (non-hydrogen) atoms. The number of hydrogen-bond acceptors (Lipinski definition) is 2. The summed E-state index contributed by atoms with van der Waals surface area (Å²) in [5.74, 6) is 0.662. The van der Waals surface area contributed by atoms with Gasteiger partial charge in [0.05, 0.1) is 11.6 Å². The summed E-state index contributed by atoms with van der Waals surface area (Å²) in [6.07, 6.45) is 1.74. The molecule has 0 saturated carbocycles. The molecule has 0 aliphatic heterocycles. The van der Waals surface area contributed by atoms with Crippen LogP contribution in [0.15, 0.2) is 45.5 Å². The molecule has 1 aromatic heterocycles. The number of rotatable bonds is 2. The van der Waals surface area contributed by atoms with Gasteiger partial charge in [-0.25, -0.2) is 0 Å². The number of hydrogen-bond donors (Lipinski definition) is 0. The highest BCUT2D eigenvalue weighted by Crippen LogP contribution is 2.21. The minimum absolute atomic E-state index is 0.593. The van der Waals surface area contributed by atoms with Crippen molar-refractivity contribution in [3.63, 3.8) is 0 Å². The molecule has 2 aromatic rings. The second kappa shape index (κ2) is 5.03. The van der Waals surface area contributed by atoms with Gasteiger partial charge in [0, 0.05) is 0 Å². The predicted molar refractivity (Wildman–Crippen MR) is 71.1 cm³/mol. The lowest BCUT2D eigenvalue weighted by atomic mass is 10.0. The highest BCUT2D eigenvalue weighted by molar-refractivity contribution is 9.10. The average Bonchev–Trinajstić information content (AvgIpc) is 2.72. The van der Waals surface area contributed by atoms with Gasteiger partial charge < -0.3 is 4.42 Å². The third-order valence-corrected chi connectivity index (χ3v) is 2.76. The highest BCUT2D eigenvalue weighted by atomic mass is 79.9. The Morgan fingerprint density at radius 3 is 2.76 bits per heavy atom. The van der Waals surface area contributed by atoms with Crippen molar-refractivity contribution in [2.45, 2.75) is 6.92 Å². The van der Waals surface area contributed by atoms with Gasteiger partial charge >= 0.3 is 0 Å². The van der Waals surface area contributed by atoms with E-state index in [0.717, 1.165) is 11.1 Å². The predicted octanol–water partition coefficient (Wildman–Crippen LogP) is 4.41. The first-order chi connectivity index (χ1) is 8.19. The molecule has 0 spiro atoms. The summed E-state index contributed by atoms with van der Waals surface area (Å²) in [4.78, 5) is 0. The fourth-order valence-corrected chi connectivity index (χ4v) is 1.86. The maximum Gasteiger partial charge on any atom is 0.169 e. The third-order valence-electron chi connectivity index (χ3n) is 2.33. The van der Waals surface area contributed by atoms with E-state index in [1.165, 1.54) is 0 Å². The number of nitriles is 1. The molecule has 0 unspecified atom stereocenters. The van der Waals surface area contributed by atoms with Crippen LogP contribution in [0.3, 0.4) is 0 Å². The summed E-state index contributed by atoms with van der Waals surface area (Å²) in [5.41, 5.74) is 2.62. The van der Waals surface area contributed by atoms with E-state index < -0.39 is 0 Å². The Balaban J connectivity index is 2.41. The second-order valence-corrected chi connectivity index (χ2v) is 4.46. The van der Waals surface area contributed by atoms with Crippen molar-refractivity contribution in [2.24, 2.45) is 0 Å². The van der Waals surface area contributed by atoms with Gasteiger partial charge in [-0.05, 0) is 46.6 Å². The number of nitrogens with zero attached hydrogens (tertiary/aromatic N) is 1. The number of allylic oxidation sites excluding steroid dienone is 1. The molecule has 0 radical (unpaired) electrons. The van der Waals surface area contributed by atoms with E-state index in [1.54, 1.807) is 12.1 Å². The summed E-state index contributed by atoms with van der Waals surface area (Å²) >= 11 is 3.23. The fourth-order valence-electron chi connectivity index (χ4n) is 1.54. The topological polar surface area (TPSA) is 36.9 Å². The average molecular weight is 288 g/mol. The molecule has 0 saturated heterocycles. The van der Waals surface area contributed by atoms with Crippen LogP contribution in [0, 0.1) is 18.3 Å². The zero-order valence-corrected chi connectivity index (χ0v) is 10.9. The smallest absolute Gasteiger partial charge is 0.169 e. The van der Waals surface area contributed by atoms with Crippen LogP contribution in [-0.4, -0.2) is 0 Å². The maximum absolute atomic E-state index is 9.17. The van der Waals surface area contributed by atoms with Crippen molar-refractivity contribution >= 4 is 27.6 Å². The summed E-state index contributed by atoms with van der Waals surface area (Å²) in [6, 6.07) is 13.6. The molecule has 0 bridgehead atoms. The van der Waals surface area contributed by atoms with Gasteiger partial charge in [0.15, 0.2) is 4.67 Å². The zero-order chi connectivity index (χ0) is 12.3. The Bertz CT molecular complexity index is 605. The molecule has 0 atom stereocenters. The van der Waals surface area contributed by atoms with Crippen LogP contribution in [0.25, 0.3) is 11.6 Å². The summed E-state index contributed by atoms with van der Waals surface area (Å²) in [6.45, 7) is 2.00. The summed E-state index contributed by atoms with van der Waals surface area (Å²) in [7, 11) is 0. The van der Waals surface area contributed by atoms with E-state index in [9.17, 15) is 0 Å². The number of benzene rings is 1. The van der Waals surface area contributed by atoms with Gasteiger partial charge in [0.25, 0.3) is 0 Å². The van der Waals surface area contributed by atoms with Crippen molar-refractivity contribution in [3.05, 3.63) is 58.0 Å². The molecule has 0 N–H and O–H groups in total. The number of furan rings is 1. The Morgan fingerprint density at radius 1 is 1.35 bits per heavy atom. The Morgan fingerprint density at radius 2 is 2.18 bits per heavy atom. The largest absolute Gasteiger partial charge is 0.450 e. The fraction of sp³-hybridized carbons (Fsp3) is 0.0714. The van der Waals surface area contributed by atoms with E-state index in [1.807, 2.05) is 37.3 Å². The van der Waals surface area contributed by atoms with Gasteiger partial charge in [-0.1, -0.05) is 29.8 Å². The molecule has 84 valence electrons. The van der Waals surface area contributed by atoms with E-state index in [2.05, 4.69) is 22.0 Å². The van der Waals surface area contributed by atoms with Crippen LogP contribution in [0.2, 0.25) is 0 Å². The van der Waals surface area contributed by atoms with Crippen LogP contribution in [-0.2, 0) is 0 Å². The quantitative estimate of drug-likeness (QED) is 0.767. The minimum atomic E-state index is 0.593. The van der Waals surface area contributed by atoms with Crippen LogP contribution < -0.4 is 0 Å². The SMILES string of the molecule is Cc1cccc(/C(C#N)=C/c2ccc(Br)o2)c1. The van der Waals surface area contributed by atoms with Gasteiger partial charge in [0.1, 0.15) is 5.76 Å². The normalized spacial score (nSPS) is 11.2. The van der Waals surface area contributed by atoms with E-state index in [-0.39, 0.29) is 0 Å². The second-order valence-electron chi connectivity index (χ2n) is 3.68. The molecule has 3 heteroatoms. The summed E-state index contributed by atoms with van der Waals surface area (Å²) in [5, 5.41) is 9.17. The third kappa shape index (κ3) is 2.86. The molecule has 2 rings (SSSR count). The first-order valence-electron chi connectivity index (χ1n) is 5.13. The van der Waals surface area contributed by atoms with Gasteiger partial charge in [-0.2, -0.15) is 5.26 Å². The Labute approximate surface area is 108 Å². The van der Waals surface area contributed by atoms with Crippen molar-refractivity contribution in [2.75, 3.05) is 0 Å². The maximum atomic E-state index is 9.17. The molecule has 0 aliphatic rings.